The quantitative estimate of drug-likeness (QED) is 0.630. The monoisotopic (exact) mass is 240 g/mol. The Morgan fingerprint density at radius 2 is 1.77 bits per heavy atom. The summed E-state index contributed by atoms with van der Waals surface area (Å²) in [5.74, 6) is 5.14. The van der Waals surface area contributed by atoms with Gasteiger partial charge in [0, 0.05) is 16.6 Å². The summed E-state index contributed by atoms with van der Waals surface area (Å²) in [5, 5.41) is 1.38. The van der Waals surface area contributed by atoms with Gasteiger partial charge < -0.3 is 0 Å². The van der Waals surface area contributed by atoms with E-state index < -0.39 is 0 Å². The van der Waals surface area contributed by atoms with Gasteiger partial charge in [-0.1, -0.05) is 29.3 Å². The zero-order chi connectivity index (χ0) is 8.97. The van der Waals surface area contributed by atoms with Crippen LogP contribution in [0, 0.1) is 0 Å². The number of nitrogens with two attached hydrogens (primary N) is 1. The SMILES string of the molecule is Cl.NNCCc1c(Cl)cccc1Cl. The first-order chi connectivity index (χ1) is 5.75. The summed E-state index contributed by atoms with van der Waals surface area (Å²) >= 11 is 11.8. The number of halogens is 3. The van der Waals surface area contributed by atoms with Crippen molar-refractivity contribution in [1.29, 1.82) is 0 Å². The molecule has 2 nitrogen and oxygen atoms in total. The summed E-state index contributed by atoms with van der Waals surface area (Å²) < 4.78 is 0. The number of hydrogen-bond donors (Lipinski definition) is 2. The summed E-state index contributed by atoms with van der Waals surface area (Å²) in [4.78, 5) is 0. The van der Waals surface area contributed by atoms with Crippen LogP contribution in [0.1, 0.15) is 5.56 Å². The van der Waals surface area contributed by atoms with E-state index in [1.54, 1.807) is 0 Å². The van der Waals surface area contributed by atoms with Crippen LogP contribution in [0.3, 0.4) is 0 Å². The molecule has 0 amide bonds. The van der Waals surface area contributed by atoms with Gasteiger partial charge in [-0.3, -0.25) is 11.3 Å². The lowest BCUT2D eigenvalue weighted by Gasteiger charge is -2.05. The summed E-state index contributed by atoms with van der Waals surface area (Å²) in [6.45, 7) is 0.670. The van der Waals surface area contributed by atoms with Crippen molar-refractivity contribution >= 4 is 35.6 Å². The highest BCUT2D eigenvalue weighted by Gasteiger charge is 2.03. The van der Waals surface area contributed by atoms with Crippen LogP contribution >= 0.6 is 35.6 Å². The van der Waals surface area contributed by atoms with Crippen LogP contribution < -0.4 is 11.3 Å². The van der Waals surface area contributed by atoms with Gasteiger partial charge in [-0.2, -0.15) is 0 Å². The number of hydrogen-bond acceptors (Lipinski definition) is 2. The highest BCUT2D eigenvalue weighted by molar-refractivity contribution is 6.35. The fourth-order valence-corrected chi connectivity index (χ4v) is 1.55. The van der Waals surface area contributed by atoms with Crippen molar-refractivity contribution < 1.29 is 0 Å². The average molecular weight is 242 g/mol. The fraction of sp³-hybridized carbons (Fsp3) is 0.250. The third-order valence-electron chi connectivity index (χ3n) is 1.58. The van der Waals surface area contributed by atoms with Crippen LogP contribution in [-0.4, -0.2) is 6.54 Å². The van der Waals surface area contributed by atoms with Crippen molar-refractivity contribution in [2.24, 2.45) is 5.84 Å². The van der Waals surface area contributed by atoms with E-state index in [9.17, 15) is 0 Å². The van der Waals surface area contributed by atoms with Gasteiger partial charge in [-0.15, -0.1) is 12.4 Å². The molecule has 0 bridgehead atoms. The van der Waals surface area contributed by atoms with Crippen molar-refractivity contribution in [3.05, 3.63) is 33.8 Å². The molecule has 0 radical (unpaired) electrons. The first-order valence-electron chi connectivity index (χ1n) is 3.62. The Bertz CT molecular complexity index is 245. The van der Waals surface area contributed by atoms with Crippen molar-refractivity contribution in [1.82, 2.24) is 5.43 Å². The van der Waals surface area contributed by atoms with E-state index in [0.717, 1.165) is 12.0 Å². The summed E-state index contributed by atoms with van der Waals surface area (Å²) in [6.07, 6.45) is 0.745. The second-order valence-corrected chi connectivity index (χ2v) is 3.22. The zero-order valence-corrected chi connectivity index (χ0v) is 9.22. The lowest BCUT2D eigenvalue weighted by atomic mass is 10.1. The van der Waals surface area contributed by atoms with Gasteiger partial charge in [0.1, 0.15) is 0 Å². The molecular formula is C8H11Cl3N2. The Morgan fingerprint density at radius 3 is 2.23 bits per heavy atom. The van der Waals surface area contributed by atoms with Gasteiger partial charge in [-0.25, -0.2) is 0 Å². The Labute approximate surface area is 93.8 Å². The molecule has 0 saturated heterocycles. The van der Waals surface area contributed by atoms with Crippen LogP contribution in [0.25, 0.3) is 0 Å². The first kappa shape index (κ1) is 13.0. The predicted molar refractivity (Wildman–Crippen MR) is 59.6 cm³/mol. The number of benzene rings is 1. The maximum atomic E-state index is 5.91. The standard InChI is InChI=1S/C8H10Cl2N2.ClH/c9-7-2-1-3-8(10)6(7)4-5-12-11;/h1-3,12H,4-5,11H2;1H. The van der Waals surface area contributed by atoms with Gasteiger partial charge in [0.15, 0.2) is 0 Å². The van der Waals surface area contributed by atoms with Gasteiger partial charge in [0.25, 0.3) is 0 Å². The lowest BCUT2D eigenvalue weighted by Crippen LogP contribution is -2.24. The molecule has 1 aromatic carbocycles. The topological polar surface area (TPSA) is 38.0 Å². The normalized spacial score (nSPS) is 9.46. The minimum absolute atomic E-state index is 0. The van der Waals surface area contributed by atoms with E-state index in [-0.39, 0.29) is 12.4 Å². The molecule has 0 aliphatic rings. The minimum Gasteiger partial charge on any atom is -0.271 e. The molecule has 0 atom stereocenters. The molecule has 0 aliphatic carbocycles. The zero-order valence-electron chi connectivity index (χ0n) is 6.89. The maximum Gasteiger partial charge on any atom is 0.0453 e. The Hall–Kier alpha value is 0.01000. The van der Waals surface area contributed by atoms with Crippen molar-refractivity contribution in [2.75, 3.05) is 6.54 Å². The maximum absolute atomic E-state index is 5.91. The van der Waals surface area contributed by atoms with E-state index in [1.807, 2.05) is 18.2 Å². The van der Waals surface area contributed by atoms with Gasteiger partial charge in [0.2, 0.25) is 0 Å². The molecule has 0 aliphatic heterocycles. The van der Waals surface area contributed by atoms with Gasteiger partial charge in [-0.05, 0) is 24.1 Å². The molecule has 0 unspecified atom stereocenters. The van der Waals surface area contributed by atoms with E-state index in [4.69, 9.17) is 29.0 Å². The Kier molecular flexibility index (Phi) is 6.47. The smallest absolute Gasteiger partial charge is 0.0453 e. The van der Waals surface area contributed by atoms with Crippen molar-refractivity contribution in [3.63, 3.8) is 0 Å². The molecule has 5 heteroatoms. The molecule has 0 aromatic heterocycles. The molecule has 1 aromatic rings. The predicted octanol–water partition coefficient (Wildman–Crippen LogP) is 2.42. The lowest BCUT2D eigenvalue weighted by molar-refractivity contribution is 0.728. The van der Waals surface area contributed by atoms with Crippen molar-refractivity contribution in [3.8, 4) is 0 Å². The molecule has 0 saturated carbocycles. The van der Waals surface area contributed by atoms with E-state index in [0.29, 0.717) is 16.6 Å². The molecular weight excluding hydrogens is 230 g/mol. The summed E-state index contributed by atoms with van der Waals surface area (Å²) in [5.41, 5.74) is 3.50. The van der Waals surface area contributed by atoms with Crippen LogP contribution in [0.2, 0.25) is 10.0 Å². The molecule has 74 valence electrons. The van der Waals surface area contributed by atoms with E-state index >= 15 is 0 Å². The molecule has 1 rings (SSSR count). The van der Waals surface area contributed by atoms with Crippen LogP contribution in [0.5, 0.6) is 0 Å². The van der Waals surface area contributed by atoms with E-state index in [1.165, 1.54) is 0 Å². The van der Waals surface area contributed by atoms with Gasteiger partial charge in [0.05, 0.1) is 0 Å². The molecule has 0 heterocycles. The third-order valence-corrected chi connectivity index (χ3v) is 2.29. The molecule has 0 spiro atoms. The average Bonchev–Trinajstić information content (AvgIpc) is 2.04. The van der Waals surface area contributed by atoms with Crippen LogP contribution in [0.4, 0.5) is 0 Å². The Balaban J connectivity index is 0.00000144. The first-order valence-corrected chi connectivity index (χ1v) is 4.37. The summed E-state index contributed by atoms with van der Waals surface area (Å²) in [7, 11) is 0. The molecule has 0 fully saturated rings. The number of nitrogens with one attached hydrogen (secondary N) is 1. The van der Waals surface area contributed by atoms with Gasteiger partial charge >= 0.3 is 0 Å². The minimum atomic E-state index is 0. The van der Waals surface area contributed by atoms with Crippen LogP contribution in [-0.2, 0) is 6.42 Å². The van der Waals surface area contributed by atoms with Crippen LogP contribution in [0.15, 0.2) is 18.2 Å². The molecule has 3 N–H and O–H groups in total. The number of rotatable bonds is 3. The Morgan fingerprint density at radius 1 is 1.23 bits per heavy atom. The summed E-state index contributed by atoms with van der Waals surface area (Å²) in [6, 6.07) is 5.46. The highest BCUT2D eigenvalue weighted by Crippen LogP contribution is 2.24. The third kappa shape index (κ3) is 3.71. The molecule has 13 heavy (non-hydrogen) atoms. The van der Waals surface area contributed by atoms with Crippen molar-refractivity contribution in [2.45, 2.75) is 6.42 Å². The second-order valence-electron chi connectivity index (χ2n) is 2.40. The largest absolute Gasteiger partial charge is 0.271 e. The second kappa shape index (κ2) is 6.46. The fourth-order valence-electron chi connectivity index (χ4n) is 0.968. The highest BCUT2D eigenvalue weighted by atomic mass is 35.5. The van der Waals surface area contributed by atoms with E-state index in [2.05, 4.69) is 5.43 Å². The number of hydrazine groups is 1.